The maximum atomic E-state index is 4.52. The van der Waals surface area contributed by atoms with Gasteiger partial charge in [-0.05, 0) is 56.4 Å². The molecule has 0 radical (unpaired) electrons. The molecule has 1 aromatic carbocycles. The summed E-state index contributed by atoms with van der Waals surface area (Å²) < 4.78 is 2.32. The van der Waals surface area contributed by atoms with Gasteiger partial charge >= 0.3 is 0 Å². The van der Waals surface area contributed by atoms with Crippen LogP contribution in [-0.4, -0.2) is 9.55 Å². The van der Waals surface area contributed by atoms with Gasteiger partial charge in [0.15, 0.2) is 0 Å². The van der Waals surface area contributed by atoms with Crippen molar-refractivity contribution in [2.24, 2.45) is 0 Å². The molecule has 0 aliphatic heterocycles. The Morgan fingerprint density at radius 2 is 2.06 bits per heavy atom. The van der Waals surface area contributed by atoms with Gasteiger partial charge in [0.05, 0.1) is 23.4 Å². The Labute approximate surface area is 102 Å². The first kappa shape index (κ1) is 10.6. The molecule has 17 heavy (non-hydrogen) atoms. The summed E-state index contributed by atoms with van der Waals surface area (Å²) in [5.41, 5.74) is 5.05. The Balaban J connectivity index is 2.14. The molecule has 0 N–H and O–H groups in total. The Hall–Kier alpha value is -1.57. The number of allylic oxidation sites excluding steroid dienone is 2. The van der Waals surface area contributed by atoms with Crippen molar-refractivity contribution in [2.45, 2.75) is 39.2 Å². The van der Waals surface area contributed by atoms with Gasteiger partial charge in [0.25, 0.3) is 0 Å². The maximum Gasteiger partial charge on any atom is 0.0963 e. The number of hydrogen-bond donors (Lipinski definition) is 0. The van der Waals surface area contributed by atoms with E-state index in [4.69, 9.17) is 0 Å². The number of nitrogens with zero attached hydrogens (tertiary/aromatic N) is 2. The molecule has 1 unspecified atom stereocenters. The van der Waals surface area contributed by atoms with Crippen molar-refractivity contribution in [3.63, 3.8) is 0 Å². The van der Waals surface area contributed by atoms with Crippen molar-refractivity contribution in [3.05, 3.63) is 41.7 Å². The molecule has 1 aliphatic rings. The van der Waals surface area contributed by atoms with E-state index in [1.165, 1.54) is 35.9 Å². The van der Waals surface area contributed by atoms with Gasteiger partial charge in [0.2, 0.25) is 0 Å². The summed E-state index contributed by atoms with van der Waals surface area (Å²) in [6.07, 6.45) is 10.3. The second-order valence-corrected chi connectivity index (χ2v) is 5.00. The van der Waals surface area contributed by atoms with Crippen LogP contribution < -0.4 is 0 Å². The number of hydrogen-bond acceptors (Lipinski definition) is 1. The van der Waals surface area contributed by atoms with Crippen LogP contribution >= 0.6 is 0 Å². The topological polar surface area (TPSA) is 17.8 Å². The summed E-state index contributed by atoms with van der Waals surface area (Å²) in [7, 11) is 0. The second-order valence-electron chi connectivity index (χ2n) is 5.00. The monoisotopic (exact) mass is 226 g/mol. The van der Waals surface area contributed by atoms with E-state index >= 15 is 0 Å². The van der Waals surface area contributed by atoms with E-state index in [1.54, 1.807) is 0 Å². The van der Waals surface area contributed by atoms with Crippen LogP contribution in [0, 0.1) is 13.8 Å². The molecule has 2 heteroatoms. The highest BCUT2D eigenvalue weighted by molar-refractivity contribution is 5.77. The summed E-state index contributed by atoms with van der Waals surface area (Å²) in [5, 5.41) is 0. The molecule has 0 saturated carbocycles. The highest BCUT2D eigenvalue weighted by Crippen LogP contribution is 2.27. The Morgan fingerprint density at radius 3 is 2.82 bits per heavy atom. The van der Waals surface area contributed by atoms with E-state index in [9.17, 15) is 0 Å². The lowest BCUT2D eigenvalue weighted by Gasteiger charge is -2.18. The zero-order valence-corrected chi connectivity index (χ0v) is 10.5. The number of rotatable bonds is 1. The van der Waals surface area contributed by atoms with Crippen LogP contribution in [0.25, 0.3) is 11.0 Å². The summed E-state index contributed by atoms with van der Waals surface area (Å²) in [5.74, 6) is 0. The molecular formula is C15H18N2. The van der Waals surface area contributed by atoms with Crippen LogP contribution in [0.3, 0.4) is 0 Å². The second kappa shape index (κ2) is 4.02. The normalized spacial score (nSPS) is 20.0. The molecule has 0 spiro atoms. The first-order chi connectivity index (χ1) is 8.25. The van der Waals surface area contributed by atoms with Gasteiger partial charge in [0.1, 0.15) is 0 Å². The Morgan fingerprint density at radius 1 is 1.24 bits per heavy atom. The average Bonchev–Trinajstić information content (AvgIpc) is 2.74. The summed E-state index contributed by atoms with van der Waals surface area (Å²) in [6.45, 7) is 4.32. The quantitative estimate of drug-likeness (QED) is 0.673. The van der Waals surface area contributed by atoms with Crippen LogP contribution in [0.5, 0.6) is 0 Å². The lowest BCUT2D eigenvalue weighted by Crippen LogP contribution is -2.07. The van der Waals surface area contributed by atoms with E-state index in [1.807, 2.05) is 6.33 Å². The zero-order valence-electron chi connectivity index (χ0n) is 10.5. The number of benzene rings is 1. The molecular weight excluding hydrogens is 208 g/mol. The predicted octanol–water partition coefficient (Wildman–Crippen LogP) is 3.93. The van der Waals surface area contributed by atoms with Gasteiger partial charge in [-0.1, -0.05) is 12.2 Å². The lowest BCUT2D eigenvalue weighted by molar-refractivity contribution is 0.528. The fourth-order valence-electron chi connectivity index (χ4n) is 2.57. The number of aromatic nitrogens is 2. The minimum atomic E-state index is 0.496. The van der Waals surface area contributed by atoms with E-state index in [0.29, 0.717) is 6.04 Å². The highest BCUT2D eigenvalue weighted by Gasteiger charge is 2.13. The first-order valence-electron chi connectivity index (χ1n) is 6.36. The molecule has 3 rings (SSSR count). The molecule has 1 atom stereocenters. The summed E-state index contributed by atoms with van der Waals surface area (Å²) in [4.78, 5) is 4.52. The fourth-order valence-corrected chi connectivity index (χ4v) is 2.57. The van der Waals surface area contributed by atoms with Gasteiger partial charge in [-0.15, -0.1) is 0 Å². The van der Waals surface area contributed by atoms with Crippen molar-refractivity contribution >= 4 is 11.0 Å². The predicted molar refractivity (Wildman–Crippen MR) is 71.2 cm³/mol. The van der Waals surface area contributed by atoms with E-state index in [2.05, 4.69) is 47.7 Å². The zero-order chi connectivity index (χ0) is 11.8. The SMILES string of the molecule is Cc1cc2ncn(C3C=CCCC3)c2cc1C. The van der Waals surface area contributed by atoms with Crippen LogP contribution in [0.2, 0.25) is 0 Å². The molecule has 1 aromatic heterocycles. The van der Waals surface area contributed by atoms with Crippen LogP contribution in [0.4, 0.5) is 0 Å². The molecule has 1 heterocycles. The van der Waals surface area contributed by atoms with Crippen molar-refractivity contribution in [2.75, 3.05) is 0 Å². The largest absolute Gasteiger partial charge is 0.324 e. The molecule has 2 nitrogen and oxygen atoms in total. The van der Waals surface area contributed by atoms with Crippen molar-refractivity contribution in [3.8, 4) is 0 Å². The molecule has 2 aromatic rings. The first-order valence-corrected chi connectivity index (χ1v) is 6.36. The Kier molecular flexibility index (Phi) is 2.50. The van der Waals surface area contributed by atoms with Gasteiger partial charge in [-0.3, -0.25) is 0 Å². The van der Waals surface area contributed by atoms with Gasteiger partial charge in [-0.2, -0.15) is 0 Å². The average molecular weight is 226 g/mol. The molecule has 0 fully saturated rings. The number of aryl methyl sites for hydroxylation is 2. The summed E-state index contributed by atoms with van der Waals surface area (Å²) >= 11 is 0. The standard InChI is InChI=1S/C15H18N2/c1-11-8-14-15(9-12(11)2)17(10-16-14)13-6-4-3-5-7-13/h4,6,8-10,13H,3,5,7H2,1-2H3. The molecule has 0 amide bonds. The fraction of sp³-hybridized carbons (Fsp3) is 0.400. The number of imidazole rings is 1. The molecule has 0 saturated heterocycles. The van der Waals surface area contributed by atoms with Gasteiger partial charge in [-0.25, -0.2) is 4.98 Å². The maximum absolute atomic E-state index is 4.52. The third kappa shape index (κ3) is 1.78. The van der Waals surface area contributed by atoms with Crippen molar-refractivity contribution in [1.82, 2.24) is 9.55 Å². The van der Waals surface area contributed by atoms with E-state index in [0.717, 1.165) is 5.52 Å². The third-order valence-electron chi connectivity index (χ3n) is 3.78. The Bertz CT molecular complexity index is 578. The minimum absolute atomic E-state index is 0.496. The molecule has 1 aliphatic carbocycles. The molecule has 0 bridgehead atoms. The smallest absolute Gasteiger partial charge is 0.0963 e. The minimum Gasteiger partial charge on any atom is -0.324 e. The van der Waals surface area contributed by atoms with Crippen LogP contribution in [-0.2, 0) is 0 Å². The summed E-state index contributed by atoms with van der Waals surface area (Å²) in [6, 6.07) is 4.95. The van der Waals surface area contributed by atoms with Crippen LogP contribution in [0.1, 0.15) is 36.4 Å². The van der Waals surface area contributed by atoms with E-state index < -0.39 is 0 Å². The molecule has 88 valence electrons. The van der Waals surface area contributed by atoms with Gasteiger partial charge < -0.3 is 4.57 Å². The van der Waals surface area contributed by atoms with Crippen molar-refractivity contribution in [1.29, 1.82) is 0 Å². The van der Waals surface area contributed by atoms with Crippen molar-refractivity contribution < 1.29 is 0 Å². The lowest BCUT2D eigenvalue weighted by atomic mass is 10.0. The number of fused-ring (bicyclic) bond motifs is 1. The van der Waals surface area contributed by atoms with Gasteiger partial charge in [0, 0.05) is 0 Å². The highest BCUT2D eigenvalue weighted by atomic mass is 15.1. The third-order valence-corrected chi connectivity index (χ3v) is 3.78. The van der Waals surface area contributed by atoms with E-state index in [-0.39, 0.29) is 0 Å². The van der Waals surface area contributed by atoms with Crippen LogP contribution in [0.15, 0.2) is 30.6 Å².